The van der Waals surface area contributed by atoms with E-state index in [1.165, 1.54) is 0 Å². The lowest BCUT2D eigenvalue weighted by atomic mass is 13.9. The second kappa shape index (κ2) is 2.75. The zero-order valence-electron chi connectivity index (χ0n) is 2.96. The largest absolute Gasteiger partial charge is 0.330 e. The maximum Gasteiger partial charge on any atom is 0.330 e. The van der Waals surface area contributed by atoms with Gasteiger partial charge in [0.05, 0.1) is 0 Å². The van der Waals surface area contributed by atoms with E-state index >= 15 is 0 Å². The van der Waals surface area contributed by atoms with Crippen molar-refractivity contribution in [1.82, 2.24) is 0 Å². The van der Waals surface area contributed by atoms with Crippen LogP contribution in [0.1, 0.15) is 0 Å². The van der Waals surface area contributed by atoms with Crippen LogP contribution in [-0.2, 0) is 10.3 Å². The maximum absolute atomic E-state index is 8.97. The Morgan fingerprint density at radius 2 is 1.50 bits per heavy atom. The Bertz CT molecular complexity index is 94.0. The Labute approximate surface area is 51.7 Å². The summed E-state index contributed by atoms with van der Waals surface area (Å²) in [7, 11) is -4.17. The average molecular weight is 121 g/mol. The molecule has 0 unspecified atom stereocenters. The van der Waals surface area contributed by atoms with E-state index in [2.05, 4.69) is 5.14 Å². The molecule has 0 heterocycles. The Morgan fingerprint density at radius 3 is 1.50 bits per heavy atom. The fourth-order valence-corrected chi connectivity index (χ4v) is 0. The Kier molecular flexibility index (Phi) is 4.50. The summed E-state index contributed by atoms with van der Waals surface area (Å²) in [5.74, 6) is 0. The predicted octanol–water partition coefficient (Wildman–Crippen LogP) is -1.63. The van der Waals surface area contributed by atoms with Crippen molar-refractivity contribution in [3.63, 3.8) is 0 Å². The molecule has 0 aromatic rings. The molecule has 0 fully saturated rings. The molecule has 0 aliphatic rings. The van der Waals surface area contributed by atoms with Gasteiger partial charge in [-0.1, -0.05) is 0 Å². The van der Waals surface area contributed by atoms with Gasteiger partial charge in [-0.25, -0.2) is 5.14 Å². The zero-order valence-corrected chi connectivity index (χ0v) is 5.19. The van der Waals surface area contributed by atoms with Gasteiger partial charge in [-0.05, 0) is 0 Å². The minimum absolute atomic E-state index is 0. The van der Waals surface area contributed by atoms with Gasteiger partial charge in [0.25, 0.3) is 0 Å². The molecule has 34 valence electrons. The Hall–Kier alpha value is 0.636. The van der Waals surface area contributed by atoms with Crippen LogP contribution in [0.5, 0.6) is 0 Å². The molecule has 0 atom stereocenters. The van der Waals surface area contributed by atoms with Crippen molar-refractivity contribution in [3.05, 3.63) is 0 Å². The second-order valence-corrected chi connectivity index (χ2v) is 1.54. The summed E-state index contributed by atoms with van der Waals surface area (Å²) >= 11 is 0. The SMILES string of the molecule is NS(=O)(=O)O.[Mg]. The topological polar surface area (TPSA) is 80.4 Å². The van der Waals surface area contributed by atoms with Crippen molar-refractivity contribution in [2.45, 2.75) is 0 Å². The van der Waals surface area contributed by atoms with E-state index in [4.69, 9.17) is 13.0 Å². The molecule has 3 N–H and O–H groups in total. The van der Waals surface area contributed by atoms with Crippen LogP contribution in [-0.4, -0.2) is 36.0 Å². The monoisotopic (exact) mass is 121 g/mol. The first kappa shape index (κ1) is 9.81. The highest BCUT2D eigenvalue weighted by Crippen LogP contribution is 1.50. The van der Waals surface area contributed by atoms with Crippen molar-refractivity contribution in [2.24, 2.45) is 5.14 Å². The molecular weight excluding hydrogens is 118 g/mol. The van der Waals surface area contributed by atoms with Gasteiger partial charge in [-0.15, -0.1) is 0 Å². The minimum Gasteiger partial charge on any atom is -0.274 e. The first-order chi connectivity index (χ1) is 2.00. The van der Waals surface area contributed by atoms with Gasteiger partial charge in [0.15, 0.2) is 0 Å². The van der Waals surface area contributed by atoms with E-state index in [0.29, 0.717) is 0 Å². The molecule has 0 amide bonds. The number of nitrogens with two attached hydrogens (primary N) is 1. The molecule has 0 rings (SSSR count). The molecule has 0 aliphatic carbocycles. The van der Waals surface area contributed by atoms with Gasteiger partial charge in [0.2, 0.25) is 0 Å². The van der Waals surface area contributed by atoms with Crippen LogP contribution in [0.2, 0.25) is 0 Å². The molecule has 0 saturated carbocycles. The number of hydrogen-bond donors (Lipinski definition) is 2. The minimum atomic E-state index is -4.17. The zero-order chi connectivity index (χ0) is 4.50. The van der Waals surface area contributed by atoms with Crippen molar-refractivity contribution < 1.29 is 13.0 Å². The van der Waals surface area contributed by atoms with Crippen molar-refractivity contribution in [3.8, 4) is 0 Å². The fraction of sp³-hybridized carbons (Fsp3) is 0. The van der Waals surface area contributed by atoms with E-state index in [9.17, 15) is 0 Å². The summed E-state index contributed by atoms with van der Waals surface area (Å²) in [6.07, 6.45) is 0. The number of rotatable bonds is 0. The summed E-state index contributed by atoms with van der Waals surface area (Å²) in [4.78, 5) is 0. The van der Waals surface area contributed by atoms with Crippen molar-refractivity contribution in [1.29, 1.82) is 0 Å². The van der Waals surface area contributed by atoms with Crippen LogP contribution in [0.4, 0.5) is 0 Å². The van der Waals surface area contributed by atoms with Gasteiger partial charge in [0.1, 0.15) is 0 Å². The molecule has 0 aromatic carbocycles. The van der Waals surface area contributed by atoms with Crippen LogP contribution in [0.3, 0.4) is 0 Å². The third-order valence-electron chi connectivity index (χ3n) is 0. The molecule has 0 aromatic heterocycles. The van der Waals surface area contributed by atoms with E-state index in [0.717, 1.165) is 0 Å². The Balaban J connectivity index is 0. The van der Waals surface area contributed by atoms with E-state index < -0.39 is 10.3 Å². The third kappa shape index (κ3) is 151. The summed E-state index contributed by atoms with van der Waals surface area (Å²) in [5, 5.41) is 3.88. The van der Waals surface area contributed by atoms with Gasteiger partial charge < -0.3 is 0 Å². The molecule has 0 saturated heterocycles. The molecular formula is H3MgNO3S. The smallest absolute Gasteiger partial charge is 0.274 e. The summed E-state index contributed by atoms with van der Waals surface area (Å²) < 4.78 is 25.2. The normalized spacial score (nSPS) is 9.67. The van der Waals surface area contributed by atoms with E-state index in [1.54, 1.807) is 0 Å². The van der Waals surface area contributed by atoms with Gasteiger partial charge in [-0.2, -0.15) is 8.42 Å². The second-order valence-electron chi connectivity index (χ2n) is 0.515. The van der Waals surface area contributed by atoms with Crippen LogP contribution in [0.15, 0.2) is 0 Å². The summed E-state index contributed by atoms with van der Waals surface area (Å²) in [6.45, 7) is 0. The third-order valence-corrected chi connectivity index (χ3v) is 0. The fourth-order valence-electron chi connectivity index (χ4n) is 0. The van der Waals surface area contributed by atoms with Crippen LogP contribution in [0.25, 0.3) is 0 Å². The lowest BCUT2D eigenvalue weighted by Crippen LogP contribution is -2.08. The molecule has 0 aliphatic heterocycles. The predicted molar refractivity (Wildman–Crippen MR) is 21.5 cm³/mol. The number of hydrogen-bond acceptors (Lipinski definition) is 2. The van der Waals surface area contributed by atoms with Crippen LogP contribution in [0, 0.1) is 0 Å². The highest BCUT2D eigenvalue weighted by Gasteiger charge is 1.81. The summed E-state index contributed by atoms with van der Waals surface area (Å²) in [6, 6.07) is 0. The molecule has 4 nitrogen and oxygen atoms in total. The molecule has 0 spiro atoms. The Morgan fingerprint density at radius 1 is 1.50 bits per heavy atom. The first-order valence-corrected chi connectivity index (χ1v) is 2.25. The molecule has 6 heavy (non-hydrogen) atoms. The summed E-state index contributed by atoms with van der Waals surface area (Å²) in [5.41, 5.74) is 0. The highest BCUT2D eigenvalue weighted by molar-refractivity contribution is 7.83. The van der Waals surface area contributed by atoms with E-state index in [-0.39, 0.29) is 23.1 Å². The first-order valence-electron chi connectivity index (χ1n) is 0.752. The standard InChI is InChI=1S/Mg.H3NO3S/c;1-5(2,3)4/h;(H3,1,2,3,4). The maximum atomic E-state index is 8.97. The highest BCUT2D eigenvalue weighted by atomic mass is 32.2. The quantitative estimate of drug-likeness (QED) is 0.298. The van der Waals surface area contributed by atoms with Crippen molar-refractivity contribution in [2.75, 3.05) is 0 Å². The van der Waals surface area contributed by atoms with Gasteiger partial charge in [-0.3, -0.25) is 4.55 Å². The van der Waals surface area contributed by atoms with Crippen LogP contribution < -0.4 is 5.14 Å². The van der Waals surface area contributed by atoms with Gasteiger partial charge in [0, 0.05) is 23.1 Å². The van der Waals surface area contributed by atoms with Crippen LogP contribution >= 0.6 is 0 Å². The lowest BCUT2D eigenvalue weighted by molar-refractivity contribution is 0.485. The molecule has 0 bridgehead atoms. The molecule has 6 heteroatoms. The van der Waals surface area contributed by atoms with Gasteiger partial charge >= 0.3 is 10.3 Å². The molecule has 2 radical (unpaired) electrons. The van der Waals surface area contributed by atoms with E-state index in [1.807, 2.05) is 0 Å². The average Bonchev–Trinajstić information content (AvgIpc) is 0.722. The lowest BCUT2D eigenvalue weighted by Gasteiger charge is -1.70. The van der Waals surface area contributed by atoms with Crippen molar-refractivity contribution >= 4 is 33.4 Å².